The number of nitrogens with zero attached hydrogens (tertiary/aromatic N) is 6. The molecule has 0 radical (unpaired) electrons. The predicted molar refractivity (Wildman–Crippen MR) is 258 cm³/mol. The van der Waals surface area contributed by atoms with Crippen molar-refractivity contribution in [2.45, 2.75) is 148 Å². The number of aliphatic hydroxyl groups is 1. The second kappa shape index (κ2) is 23.2. The van der Waals surface area contributed by atoms with Crippen molar-refractivity contribution in [3.05, 3.63) is 67.4 Å². The molecular formula is C50H74N8O11. The summed E-state index contributed by atoms with van der Waals surface area (Å²) in [5, 5.41) is 20.7. The van der Waals surface area contributed by atoms with Crippen LogP contribution in [-0.4, -0.2) is 148 Å². The molecule has 6 rings (SSSR count). The van der Waals surface area contributed by atoms with Gasteiger partial charge in [-0.1, -0.05) is 51.0 Å². The summed E-state index contributed by atoms with van der Waals surface area (Å²) in [5.74, 6) is -3.59. The Morgan fingerprint density at radius 3 is 2.43 bits per heavy atom. The third kappa shape index (κ3) is 12.1. The number of oxime groups is 1. The van der Waals surface area contributed by atoms with Gasteiger partial charge in [0.05, 0.1) is 41.5 Å². The van der Waals surface area contributed by atoms with Gasteiger partial charge in [-0.3, -0.25) is 15.1 Å². The van der Waals surface area contributed by atoms with Crippen molar-refractivity contribution < 1.29 is 52.7 Å². The van der Waals surface area contributed by atoms with E-state index in [0.717, 1.165) is 11.3 Å². The Morgan fingerprint density at radius 2 is 1.78 bits per heavy atom. The van der Waals surface area contributed by atoms with E-state index in [2.05, 4.69) is 25.9 Å². The summed E-state index contributed by atoms with van der Waals surface area (Å²) in [6, 6.07) is 11.5. The number of likely N-dealkylation sites (N-methyl/N-ethyl adjacent to an activating group) is 1. The number of cyclic esters (lactones) is 1. The number of amides is 2. The molecule has 0 saturated carbocycles. The van der Waals surface area contributed by atoms with E-state index < -0.39 is 89.8 Å². The van der Waals surface area contributed by atoms with Gasteiger partial charge in [-0.2, -0.15) is 0 Å². The first-order valence-electron chi connectivity index (χ1n) is 24.1. The maximum atomic E-state index is 14.8. The van der Waals surface area contributed by atoms with Crippen LogP contribution in [0.5, 0.6) is 0 Å². The average Bonchev–Trinajstić information content (AvgIpc) is 3.91. The Labute approximate surface area is 406 Å². The SMILES string of the molecule is CC[C@@H]1OC(=O)[C@H](C)[C@@H](OC(=O)Nc2ccccc2)[C@H](C)[C@@H](O[C@@H]2O[C@H](C)C[C@H](N(C)C)[C@H]2O)[C@@](C)(OC)C[C@@H](C)/C(=N\OC)[C@@H](C)C2N(NCCCn3cnc(-c4cccnc4)c3)C(=O)O[C@@]21C. The molecule has 2 aromatic heterocycles. The maximum Gasteiger partial charge on any atom is 0.425 e. The fourth-order valence-electron chi connectivity index (χ4n) is 10.6. The molecule has 3 aliphatic heterocycles. The number of fused-ring (bicyclic) bond motifs is 1. The van der Waals surface area contributed by atoms with Crippen LogP contribution in [-0.2, 0) is 44.6 Å². The summed E-state index contributed by atoms with van der Waals surface area (Å²) < 4.78 is 40.9. The zero-order valence-corrected chi connectivity index (χ0v) is 42.2. The number of aryl methyl sites for hydroxylation is 1. The van der Waals surface area contributed by atoms with Gasteiger partial charge in [0.1, 0.15) is 31.5 Å². The molecule has 1 unspecified atom stereocenters. The molecular weight excluding hydrogens is 889 g/mol. The summed E-state index contributed by atoms with van der Waals surface area (Å²) in [4.78, 5) is 59.2. The first kappa shape index (κ1) is 53.2. The molecule has 19 nitrogen and oxygen atoms in total. The zero-order chi connectivity index (χ0) is 50.2. The fraction of sp³-hybridized carbons (Fsp3) is 0.640. The number of para-hydroxylation sites is 1. The van der Waals surface area contributed by atoms with E-state index in [1.807, 2.05) is 89.5 Å². The van der Waals surface area contributed by atoms with Crippen molar-refractivity contribution >= 4 is 29.6 Å². The summed E-state index contributed by atoms with van der Waals surface area (Å²) in [7, 11) is 6.82. The molecule has 19 heteroatoms. The molecule has 69 heavy (non-hydrogen) atoms. The van der Waals surface area contributed by atoms with Gasteiger partial charge >= 0.3 is 18.2 Å². The second-order valence-electron chi connectivity index (χ2n) is 19.4. The number of imidazole rings is 1. The van der Waals surface area contributed by atoms with Gasteiger partial charge in [-0.15, -0.1) is 0 Å². The minimum Gasteiger partial charge on any atom is -0.458 e. The van der Waals surface area contributed by atoms with Crippen LogP contribution < -0.4 is 10.7 Å². The molecule has 380 valence electrons. The lowest BCUT2D eigenvalue weighted by Gasteiger charge is -2.48. The van der Waals surface area contributed by atoms with Crippen molar-refractivity contribution in [3.8, 4) is 11.3 Å². The Balaban J connectivity index is 1.38. The molecule has 3 saturated heterocycles. The third-order valence-electron chi connectivity index (χ3n) is 14.2. The van der Waals surface area contributed by atoms with Crippen molar-refractivity contribution in [1.29, 1.82) is 0 Å². The lowest BCUT2D eigenvalue weighted by Crippen LogP contribution is -2.62. The van der Waals surface area contributed by atoms with Crippen LogP contribution in [0.25, 0.3) is 11.3 Å². The van der Waals surface area contributed by atoms with Crippen LogP contribution in [0.15, 0.2) is 72.5 Å². The lowest BCUT2D eigenvalue weighted by atomic mass is 9.73. The highest BCUT2D eigenvalue weighted by atomic mass is 16.7. The molecule has 14 atom stereocenters. The van der Waals surface area contributed by atoms with Gasteiger partial charge in [0.25, 0.3) is 0 Å². The Morgan fingerprint density at radius 1 is 1.04 bits per heavy atom. The highest BCUT2D eigenvalue weighted by molar-refractivity contribution is 5.90. The van der Waals surface area contributed by atoms with Gasteiger partial charge in [-0.25, -0.2) is 25.0 Å². The highest BCUT2D eigenvalue weighted by Crippen LogP contribution is 2.44. The monoisotopic (exact) mass is 963 g/mol. The molecule has 3 N–H and O–H groups in total. The summed E-state index contributed by atoms with van der Waals surface area (Å²) in [6.45, 7) is 15.8. The van der Waals surface area contributed by atoms with Gasteiger partial charge in [0, 0.05) is 73.8 Å². The Kier molecular flexibility index (Phi) is 17.8. The molecule has 2 amide bonds. The topological polar surface area (TPSA) is 210 Å². The largest absolute Gasteiger partial charge is 0.458 e. The number of hydrogen-bond donors (Lipinski definition) is 3. The standard InChI is InChI=1S/C50H74N8O11/c1-13-39-50(8)43(58(48(62)69-50)53-23-18-24-57-28-37(52-29-57)35-19-17-22-51-27-35)32(4)40(55-64-12)30(2)26-49(7,63-11)44(68-46-41(59)38(56(9)10)25-31(3)65-46)33(5)42(34(6)45(60)66-39)67-47(61)54-36-20-15-14-16-21-36/h14-17,19-22,27-34,38-39,41-44,46,53,59H,13,18,23-26H2,1-12H3,(H,54,61)/b55-40+/t30-,31-,32-,33+,34-,38+,39+,41-,42+,43?,44-,46+,49+,50-/m1/s1. The van der Waals surface area contributed by atoms with E-state index >= 15 is 0 Å². The number of carbonyl (C=O) groups is 3. The molecule has 5 heterocycles. The molecule has 0 bridgehead atoms. The maximum absolute atomic E-state index is 14.8. The van der Waals surface area contributed by atoms with E-state index in [0.29, 0.717) is 37.3 Å². The fourth-order valence-corrected chi connectivity index (χ4v) is 10.6. The van der Waals surface area contributed by atoms with Crippen molar-refractivity contribution in [1.82, 2.24) is 29.9 Å². The van der Waals surface area contributed by atoms with E-state index in [4.69, 9.17) is 33.3 Å². The first-order chi connectivity index (χ1) is 32.8. The third-order valence-corrected chi connectivity index (χ3v) is 14.2. The first-order valence-corrected chi connectivity index (χ1v) is 24.1. The molecule has 0 spiro atoms. The van der Waals surface area contributed by atoms with Crippen molar-refractivity contribution in [3.63, 3.8) is 0 Å². The predicted octanol–water partition coefficient (Wildman–Crippen LogP) is 6.53. The number of pyridine rings is 1. The number of aliphatic hydroxyl groups excluding tert-OH is 1. The number of anilines is 1. The van der Waals surface area contributed by atoms with Crippen LogP contribution >= 0.6 is 0 Å². The lowest BCUT2D eigenvalue weighted by molar-refractivity contribution is -0.301. The second-order valence-corrected chi connectivity index (χ2v) is 19.4. The Bertz CT molecular complexity index is 2180. The number of nitrogens with one attached hydrogen (secondary N) is 2. The minimum absolute atomic E-state index is 0.247. The van der Waals surface area contributed by atoms with Gasteiger partial charge in [0.2, 0.25) is 0 Å². The van der Waals surface area contributed by atoms with Gasteiger partial charge < -0.3 is 47.8 Å². The summed E-state index contributed by atoms with van der Waals surface area (Å²) >= 11 is 0. The average molecular weight is 963 g/mol. The van der Waals surface area contributed by atoms with Crippen molar-refractivity contribution in [2.24, 2.45) is 28.8 Å². The molecule has 3 aromatic rings. The quantitative estimate of drug-likeness (QED) is 0.0680. The van der Waals surface area contributed by atoms with Gasteiger partial charge in [-0.05, 0) is 91.7 Å². The number of rotatable bonds is 14. The van der Waals surface area contributed by atoms with Crippen LogP contribution in [0, 0.1) is 23.7 Å². The van der Waals surface area contributed by atoms with Crippen LogP contribution in [0.2, 0.25) is 0 Å². The number of esters is 1. The number of aromatic nitrogens is 3. The number of hydrogen-bond acceptors (Lipinski definition) is 16. The normalized spacial score (nSPS) is 34.1. The van der Waals surface area contributed by atoms with Crippen LogP contribution in [0.4, 0.5) is 15.3 Å². The van der Waals surface area contributed by atoms with Crippen LogP contribution in [0.3, 0.4) is 0 Å². The zero-order valence-electron chi connectivity index (χ0n) is 42.2. The highest BCUT2D eigenvalue weighted by Gasteiger charge is 2.61. The van der Waals surface area contributed by atoms with E-state index in [9.17, 15) is 19.5 Å². The summed E-state index contributed by atoms with van der Waals surface area (Å²) in [6.07, 6.45) is 1.76. The van der Waals surface area contributed by atoms with E-state index in [1.165, 1.54) is 12.1 Å². The van der Waals surface area contributed by atoms with Gasteiger partial charge in [0.15, 0.2) is 11.9 Å². The number of benzene rings is 1. The molecule has 3 fully saturated rings. The molecule has 0 aliphatic carbocycles. The number of hydrazine groups is 1. The van der Waals surface area contributed by atoms with E-state index in [1.54, 1.807) is 63.9 Å². The molecule has 3 aliphatic rings. The van der Waals surface area contributed by atoms with E-state index in [-0.39, 0.29) is 25.0 Å². The molecule has 1 aromatic carbocycles. The van der Waals surface area contributed by atoms with Crippen molar-refractivity contribution in [2.75, 3.05) is 40.2 Å². The van der Waals surface area contributed by atoms with Crippen LogP contribution in [0.1, 0.15) is 81.1 Å². The summed E-state index contributed by atoms with van der Waals surface area (Å²) in [5.41, 5.74) is 3.46. The Hall–Kier alpha value is -5.18. The number of ether oxygens (including phenoxy) is 6. The number of methoxy groups -OCH3 is 1. The minimum atomic E-state index is -1.42. The smallest absolute Gasteiger partial charge is 0.425 e. The number of carbonyl (C=O) groups excluding carboxylic acids is 3.